The number of hydrogen-bond acceptors (Lipinski definition) is 7. The first-order chi connectivity index (χ1) is 9.86. The van der Waals surface area contributed by atoms with Gasteiger partial charge in [0.1, 0.15) is 5.01 Å². The van der Waals surface area contributed by atoms with Crippen molar-refractivity contribution in [1.29, 1.82) is 0 Å². The molecule has 0 spiro atoms. The van der Waals surface area contributed by atoms with Crippen molar-refractivity contribution in [2.45, 2.75) is 24.3 Å². The zero-order valence-electron chi connectivity index (χ0n) is 11.3. The molecule has 20 heavy (non-hydrogen) atoms. The maximum atomic E-state index is 5.56. The topological polar surface area (TPSA) is 73.6 Å². The number of nitrogens with one attached hydrogen (secondary N) is 1. The third-order valence-electron chi connectivity index (χ3n) is 4.09. The Balaban J connectivity index is 1.68. The second kappa shape index (κ2) is 5.03. The summed E-state index contributed by atoms with van der Waals surface area (Å²) in [4.78, 5) is 0.864. The Morgan fingerprint density at radius 1 is 1.25 bits per heavy atom. The Hall–Kier alpha value is -1.09. The standard InChI is InChI=1S/C12H17N5O2S/c1-13-9-6-19-5-8(9)11-16-17-10(7-2-3-18-4-7)14-15-12(17)20-11/h7-9,13H,2-6H2,1H3. The molecule has 1 N–H and O–H groups in total. The van der Waals surface area contributed by atoms with E-state index in [0.717, 1.165) is 48.6 Å². The highest BCUT2D eigenvalue weighted by molar-refractivity contribution is 7.16. The van der Waals surface area contributed by atoms with E-state index in [1.54, 1.807) is 11.3 Å². The molecule has 3 atom stereocenters. The second-order valence-corrected chi connectivity index (χ2v) is 6.28. The molecule has 0 amide bonds. The van der Waals surface area contributed by atoms with Gasteiger partial charge in [0.2, 0.25) is 4.96 Å². The van der Waals surface area contributed by atoms with Crippen LogP contribution in [0.3, 0.4) is 0 Å². The van der Waals surface area contributed by atoms with Crippen LogP contribution >= 0.6 is 11.3 Å². The maximum absolute atomic E-state index is 5.56. The van der Waals surface area contributed by atoms with Crippen molar-refractivity contribution in [3.63, 3.8) is 0 Å². The number of nitrogens with zero attached hydrogens (tertiary/aromatic N) is 4. The number of aromatic nitrogens is 4. The Kier molecular flexibility index (Phi) is 3.18. The minimum absolute atomic E-state index is 0.305. The summed E-state index contributed by atoms with van der Waals surface area (Å²) in [6.07, 6.45) is 0.999. The van der Waals surface area contributed by atoms with Gasteiger partial charge in [-0.3, -0.25) is 0 Å². The summed E-state index contributed by atoms with van der Waals surface area (Å²) in [6, 6.07) is 0.331. The van der Waals surface area contributed by atoms with E-state index in [2.05, 4.69) is 15.5 Å². The molecule has 0 aliphatic carbocycles. The van der Waals surface area contributed by atoms with Gasteiger partial charge >= 0.3 is 0 Å². The molecule has 4 rings (SSSR count). The van der Waals surface area contributed by atoms with Crippen LogP contribution in [0.25, 0.3) is 4.96 Å². The van der Waals surface area contributed by atoms with Gasteiger partial charge in [-0.25, -0.2) is 0 Å². The van der Waals surface area contributed by atoms with E-state index >= 15 is 0 Å². The van der Waals surface area contributed by atoms with Crippen LogP contribution in [0.1, 0.15) is 29.1 Å². The average Bonchev–Trinajstić information content (AvgIpc) is 3.20. The van der Waals surface area contributed by atoms with Gasteiger partial charge < -0.3 is 14.8 Å². The lowest BCUT2D eigenvalue weighted by Crippen LogP contribution is -2.31. The molecule has 4 heterocycles. The second-order valence-electron chi connectivity index (χ2n) is 5.29. The summed E-state index contributed by atoms with van der Waals surface area (Å²) in [5.74, 6) is 1.55. The van der Waals surface area contributed by atoms with E-state index in [4.69, 9.17) is 14.6 Å². The molecular formula is C12H17N5O2S. The smallest absolute Gasteiger partial charge is 0.234 e. The minimum Gasteiger partial charge on any atom is -0.381 e. The van der Waals surface area contributed by atoms with Gasteiger partial charge in [0.05, 0.1) is 25.7 Å². The van der Waals surface area contributed by atoms with E-state index in [9.17, 15) is 0 Å². The fourth-order valence-corrected chi connectivity index (χ4v) is 3.87. The number of ether oxygens (including phenoxy) is 2. The first-order valence-corrected chi connectivity index (χ1v) is 7.73. The quantitative estimate of drug-likeness (QED) is 0.883. The fourth-order valence-electron chi connectivity index (χ4n) is 2.87. The molecule has 2 fully saturated rings. The van der Waals surface area contributed by atoms with Crippen molar-refractivity contribution in [3.8, 4) is 0 Å². The monoisotopic (exact) mass is 295 g/mol. The number of likely N-dealkylation sites (N-methyl/N-ethyl adjacent to an activating group) is 1. The molecule has 0 bridgehead atoms. The van der Waals surface area contributed by atoms with Crippen molar-refractivity contribution in [1.82, 2.24) is 25.1 Å². The Morgan fingerprint density at radius 2 is 2.20 bits per heavy atom. The van der Waals surface area contributed by atoms with E-state index in [1.807, 2.05) is 11.6 Å². The first kappa shape index (κ1) is 12.6. The van der Waals surface area contributed by atoms with Crippen LogP contribution < -0.4 is 5.32 Å². The molecule has 2 aromatic rings. The molecule has 0 aromatic carbocycles. The maximum Gasteiger partial charge on any atom is 0.234 e. The van der Waals surface area contributed by atoms with Gasteiger partial charge in [-0.05, 0) is 13.5 Å². The lowest BCUT2D eigenvalue weighted by atomic mass is 10.1. The molecular weight excluding hydrogens is 278 g/mol. The number of hydrogen-bond donors (Lipinski definition) is 1. The van der Waals surface area contributed by atoms with Crippen LogP contribution in [0.5, 0.6) is 0 Å². The molecule has 0 saturated carbocycles. The average molecular weight is 295 g/mol. The van der Waals surface area contributed by atoms with E-state index < -0.39 is 0 Å². The number of fused-ring (bicyclic) bond motifs is 1. The minimum atomic E-state index is 0.305. The van der Waals surface area contributed by atoms with Crippen molar-refractivity contribution < 1.29 is 9.47 Å². The third-order valence-corrected chi connectivity index (χ3v) is 5.12. The normalized spacial score (nSPS) is 30.6. The van der Waals surface area contributed by atoms with Crippen LogP contribution in [-0.4, -0.2) is 59.3 Å². The zero-order chi connectivity index (χ0) is 13.5. The largest absolute Gasteiger partial charge is 0.381 e. The predicted octanol–water partition coefficient (Wildman–Crippen LogP) is 0.391. The van der Waals surface area contributed by atoms with Crippen LogP contribution in [0, 0.1) is 0 Å². The van der Waals surface area contributed by atoms with Crippen molar-refractivity contribution >= 4 is 16.3 Å². The molecule has 0 radical (unpaired) electrons. The van der Waals surface area contributed by atoms with E-state index in [-0.39, 0.29) is 0 Å². The van der Waals surface area contributed by atoms with Crippen molar-refractivity contribution in [3.05, 3.63) is 10.8 Å². The van der Waals surface area contributed by atoms with Crippen LogP contribution in [0.15, 0.2) is 0 Å². The highest BCUT2D eigenvalue weighted by Gasteiger charge is 2.32. The van der Waals surface area contributed by atoms with Crippen molar-refractivity contribution in [2.75, 3.05) is 33.5 Å². The van der Waals surface area contributed by atoms with Gasteiger partial charge in [-0.15, -0.1) is 10.2 Å². The lowest BCUT2D eigenvalue weighted by molar-refractivity contribution is 0.188. The molecule has 2 aliphatic rings. The SMILES string of the molecule is CNC1COCC1c1nn2c(C3CCOC3)nnc2s1. The summed E-state index contributed by atoms with van der Waals surface area (Å²) in [6.45, 7) is 2.98. The van der Waals surface area contributed by atoms with Gasteiger partial charge in [0, 0.05) is 18.6 Å². The molecule has 8 heteroatoms. The number of rotatable bonds is 3. The van der Waals surface area contributed by atoms with E-state index in [1.165, 1.54) is 0 Å². The van der Waals surface area contributed by atoms with Crippen LogP contribution in [-0.2, 0) is 9.47 Å². The Labute approximate surface area is 120 Å². The summed E-state index contributed by atoms with van der Waals surface area (Å²) in [5.41, 5.74) is 0. The Morgan fingerprint density at radius 3 is 3.00 bits per heavy atom. The fraction of sp³-hybridized carbons (Fsp3) is 0.750. The molecule has 2 aromatic heterocycles. The van der Waals surface area contributed by atoms with Crippen LogP contribution in [0.4, 0.5) is 0 Å². The van der Waals surface area contributed by atoms with Crippen molar-refractivity contribution in [2.24, 2.45) is 0 Å². The summed E-state index contributed by atoms with van der Waals surface area (Å²) >= 11 is 1.61. The third kappa shape index (κ3) is 1.95. The summed E-state index contributed by atoms with van der Waals surface area (Å²) in [7, 11) is 1.97. The molecule has 2 saturated heterocycles. The van der Waals surface area contributed by atoms with Gasteiger partial charge in [-0.2, -0.15) is 9.61 Å². The van der Waals surface area contributed by atoms with Gasteiger partial charge in [0.25, 0.3) is 0 Å². The van der Waals surface area contributed by atoms with Gasteiger partial charge in [-0.1, -0.05) is 11.3 Å². The van der Waals surface area contributed by atoms with E-state index in [0.29, 0.717) is 17.9 Å². The molecule has 108 valence electrons. The molecule has 2 aliphatic heterocycles. The summed E-state index contributed by atoms with van der Waals surface area (Å²) in [5, 5.41) is 17.6. The summed E-state index contributed by atoms with van der Waals surface area (Å²) < 4.78 is 12.9. The highest BCUT2D eigenvalue weighted by Crippen LogP contribution is 2.31. The van der Waals surface area contributed by atoms with Crippen LogP contribution in [0.2, 0.25) is 0 Å². The molecule has 3 unspecified atom stereocenters. The van der Waals surface area contributed by atoms with Gasteiger partial charge in [0.15, 0.2) is 5.82 Å². The highest BCUT2D eigenvalue weighted by atomic mass is 32.1. The lowest BCUT2D eigenvalue weighted by Gasteiger charge is -2.13. The Bertz CT molecular complexity index is 606. The predicted molar refractivity (Wildman–Crippen MR) is 73.2 cm³/mol. The molecule has 7 nitrogen and oxygen atoms in total. The first-order valence-electron chi connectivity index (χ1n) is 6.91. The zero-order valence-corrected chi connectivity index (χ0v) is 12.1.